The van der Waals surface area contributed by atoms with Gasteiger partial charge < -0.3 is 0 Å². The van der Waals surface area contributed by atoms with Crippen LogP contribution >= 0.6 is 23.1 Å². The van der Waals surface area contributed by atoms with Gasteiger partial charge in [-0.2, -0.15) is 5.10 Å². The van der Waals surface area contributed by atoms with E-state index in [1.54, 1.807) is 18.3 Å². The highest BCUT2D eigenvalue weighted by atomic mass is 32.2. The fraction of sp³-hybridized carbons (Fsp3) is 0.100. The third-order valence-corrected chi connectivity index (χ3v) is 6.11. The van der Waals surface area contributed by atoms with Gasteiger partial charge in [-0.3, -0.25) is 9.89 Å². The Morgan fingerprint density at radius 3 is 2.68 bits per heavy atom. The Morgan fingerprint density at radius 1 is 1.04 bits per heavy atom. The monoisotopic (exact) mass is 364 g/mol. The van der Waals surface area contributed by atoms with Crippen LogP contribution in [0.2, 0.25) is 0 Å². The van der Waals surface area contributed by atoms with Crippen molar-refractivity contribution in [3.8, 4) is 21.0 Å². The van der Waals surface area contributed by atoms with Crippen LogP contribution in [0, 0.1) is 0 Å². The SMILES string of the molecule is CC(=O)CSc1cc(-c2ccc(-c3ccc4ccccc4c3)s2)[nH]n1. The van der Waals surface area contributed by atoms with Crippen molar-refractivity contribution in [1.82, 2.24) is 10.2 Å². The molecular formula is C20H16N2OS2. The van der Waals surface area contributed by atoms with Crippen molar-refractivity contribution in [2.75, 3.05) is 5.75 Å². The average molecular weight is 364 g/mol. The first-order chi connectivity index (χ1) is 12.2. The molecule has 25 heavy (non-hydrogen) atoms. The lowest BCUT2D eigenvalue weighted by molar-refractivity contribution is -0.114. The summed E-state index contributed by atoms with van der Waals surface area (Å²) in [6.45, 7) is 1.59. The standard InChI is InChI=1S/C20H16N2OS2/c1-13(23)12-24-20-11-17(21-22-20)19-9-8-18(25-19)16-7-6-14-4-2-3-5-15(14)10-16/h2-11H,12H2,1H3,(H,21,22). The number of hydrogen-bond donors (Lipinski definition) is 1. The van der Waals surface area contributed by atoms with E-state index in [0.29, 0.717) is 5.75 Å². The molecule has 0 atom stereocenters. The minimum absolute atomic E-state index is 0.157. The maximum Gasteiger partial charge on any atom is 0.140 e. The van der Waals surface area contributed by atoms with Crippen LogP contribution < -0.4 is 0 Å². The van der Waals surface area contributed by atoms with Gasteiger partial charge in [0.1, 0.15) is 10.8 Å². The van der Waals surface area contributed by atoms with Crippen LogP contribution in [0.15, 0.2) is 65.7 Å². The predicted octanol–water partition coefficient (Wildman–Crippen LogP) is 5.64. The second-order valence-electron chi connectivity index (χ2n) is 5.84. The molecule has 3 nitrogen and oxygen atoms in total. The molecule has 0 amide bonds. The average Bonchev–Trinajstić information content (AvgIpc) is 3.29. The summed E-state index contributed by atoms with van der Waals surface area (Å²) >= 11 is 3.20. The third kappa shape index (κ3) is 3.52. The largest absolute Gasteiger partial charge is 0.299 e. The van der Waals surface area contributed by atoms with Crippen molar-refractivity contribution < 1.29 is 4.79 Å². The van der Waals surface area contributed by atoms with Gasteiger partial charge in [0.05, 0.1) is 16.3 Å². The van der Waals surface area contributed by atoms with Crippen LogP contribution in [-0.2, 0) is 4.79 Å². The number of thiophene rings is 1. The number of benzene rings is 2. The van der Waals surface area contributed by atoms with Crippen molar-refractivity contribution in [1.29, 1.82) is 0 Å². The zero-order chi connectivity index (χ0) is 17.2. The van der Waals surface area contributed by atoms with Gasteiger partial charge in [-0.05, 0) is 47.5 Å². The molecule has 0 unspecified atom stereocenters. The van der Waals surface area contributed by atoms with Gasteiger partial charge in [0.25, 0.3) is 0 Å². The summed E-state index contributed by atoms with van der Waals surface area (Å²) in [7, 11) is 0. The number of rotatable bonds is 5. The topological polar surface area (TPSA) is 45.8 Å². The highest BCUT2D eigenvalue weighted by Crippen LogP contribution is 2.35. The summed E-state index contributed by atoms with van der Waals surface area (Å²) in [6.07, 6.45) is 0. The highest BCUT2D eigenvalue weighted by Gasteiger charge is 2.09. The Kier molecular flexibility index (Phi) is 4.42. The fourth-order valence-electron chi connectivity index (χ4n) is 2.66. The van der Waals surface area contributed by atoms with Crippen molar-refractivity contribution in [3.05, 3.63) is 60.7 Å². The molecule has 2 aromatic carbocycles. The normalized spacial score (nSPS) is 11.1. The number of aromatic nitrogens is 2. The lowest BCUT2D eigenvalue weighted by atomic mass is 10.1. The Balaban J connectivity index is 1.60. The molecule has 0 aliphatic rings. The summed E-state index contributed by atoms with van der Waals surface area (Å²) in [5.74, 6) is 0.612. The molecule has 2 aromatic heterocycles. The number of Topliss-reactive ketones (excluding diaryl/α,β-unsaturated/α-hetero) is 1. The third-order valence-electron chi connectivity index (χ3n) is 3.88. The number of nitrogens with zero attached hydrogens (tertiary/aromatic N) is 1. The maximum atomic E-state index is 11.1. The van der Waals surface area contributed by atoms with Crippen LogP contribution in [0.1, 0.15) is 6.92 Å². The number of H-pyrrole nitrogens is 1. The molecule has 0 bridgehead atoms. The van der Waals surface area contributed by atoms with Crippen LogP contribution in [0.5, 0.6) is 0 Å². The number of hydrogen-bond acceptors (Lipinski definition) is 4. The Morgan fingerprint density at radius 2 is 1.84 bits per heavy atom. The molecule has 124 valence electrons. The lowest BCUT2D eigenvalue weighted by Crippen LogP contribution is -1.92. The first-order valence-electron chi connectivity index (χ1n) is 7.96. The number of aromatic amines is 1. The first kappa shape index (κ1) is 16.1. The summed E-state index contributed by atoms with van der Waals surface area (Å²) < 4.78 is 0. The lowest BCUT2D eigenvalue weighted by Gasteiger charge is -2.01. The summed E-state index contributed by atoms with van der Waals surface area (Å²) in [4.78, 5) is 13.5. The number of carbonyl (C=O) groups excluding carboxylic acids is 1. The van der Waals surface area contributed by atoms with E-state index in [2.05, 4.69) is 64.8 Å². The number of ketones is 1. The molecule has 0 saturated heterocycles. The molecule has 0 fully saturated rings. The molecule has 0 spiro atoms. The predicted molar refractivity (Wildman–Crippen MR) is 106 cm³/mol. The number of nitrogens with one attached hydrogen (secondary N) is 1. The molecule has 0 radical (unpaired) electrons. The Hall–Kier alpha value is -2.37. The van der Waals surface area contributed by atoms with E-state index >= 15 is 0 Å². The zero-order valence-corrected chi connectivity index (χ0v) is 15.3. The molecule has 1 N–H and O–H groups in total. The zero-order valence-electron chi connectivity index (χ0n) is 13.7. The summed E-state index contributed by atoms with van der Waals surface area (Å²) in [5, 5.41) is 10.7. The Labute approximate surface area is 154 Å². The molecule has 4 rings (SSSR count). The van der Waals surface area contributed by atoms with E-state index in [4.69, 9.17) is 0 Å². The minimum atomic E-state index is 0.157. The highest BCUT2D eigenvalue weighted by molar-refractivity contribution is 7.99. The number of carbonyl (C=O) groups is 1. The second kappa shape index (κ2) is 6.86. The molecule has 0 aliphatic carbocycles. The van der Waals surface area contributed by atoms with Gasteiger partial charge in [0.2, 0.25) is 0 Å². The van der Waals surface area contributed by atoms with Gasteiger partial charge in [-0.15, -0.1) is 11.3 Å². The minimum Gasteiger partial charge on any atom is -0.299 e. The Bertz CT molecular complexity index is 1050. The van der Waals surface area contributed by atoms with E-state index in [0.717, 1.165) is 15.6 Å². The van der Waals surface area contributed by atoms with Gasteiger partial charge in [-0.1, -0.05) is 48.2 Å². The van der Waals surface area contributed by atoms with Gasteiger partial charge in [0, 0.05) is 4.88 Å². The number of fused-ring (bicyclic) bond motifs is 1. The molecule has 0 saturated carbocycles. The van der Waals surface area contributed by atoms with Crippen molar-refractivity contribution in [2.24, 2.45) is 0 Å². The van der Waals surface area contributed by atoms with Crippen molar-refractivity contribution >= 4 is 39.7 Å². The van der Waals surface area contributed by atoms with Crippen LogP contribution in [0.3, 0.4) is 0 Å². The molecule has 0 aliphatic heterocycles. The fourth-order valence-corrected chi connectivity index (χ4v) is 4.29. The maximum absolute atomic E-state index is 11.1. The quantitative estimate of drug-likeness (QED) is 0.466. The van der Waals surface area contributed by atoms with Crippen LogP contribution in [0.4, 0.5) is 0 Å². The molecule has 2 heterocycles. The van der Waals surface area contributed by atoms with E-state index in [9.17, 15) is 4.79 Å². The van der Waals surface area contributed by atoms with E-state index < -0.39 is 0 Å². The van der Waals surface area contributed by atoms with E-state index in [1.165, 1.54) is 33.0 Å². The smallest absolute Gasteiger partial charge is 0.140 e. The summed E-state index contributed by atoms with van der Waals surface area (Å²) in [5.41, 5.74) is 2.21. The van der Waals surface area contributed by atoms with Gasteiger partial charge >= 0.3 is 0 Å². The molecule has 5 heteroatoms. The molecule has 4 aromatic rings. The summed E-state index contributed by atoms with van der Waals surface area (Å²) in [6, 6.07) is 21.2. The number of thioether (sulfide) groups is 1. The second-order valence-corrected chi connectivity index (χ2v) is 7.92. The van der Waals surface area contributed by atoms with Crippen molar-refractivity contribution in [2.45, 2.75) is 11.9 Å². The first-order valence-corrected chi connectivity index (χ1v) is 9.76. The van der Waals surface area contributed by atoms with E-state index in [-0.39, 0.29) is 5.78 Å². The van der Waals surface area contributed by atoms with Gasteiger partial charge in [-0.25, -0.2) is 0 Å². The van der Waals surface area contributed by atoms with Crippen molar-refractivity contribution in [3.63, 3.8) is 0 Å². The molecular weight excluding hydrogens is 348 g/mol. The van der Waals surface area contributed by atoms with Crippen LogP contribution in [0.25, 0.3) is 31.8 Å². The van der Waals surface area contributed by atoms with E-state index in [1.807, 2.05) is 6.07 Å². The van der Waals surface area contributed by atoms with Crippen LogP contribution in [-0.4, -0.2) is 21.7 Å². The van der Waals surface area contributed by atoms with Gasteiger partial charge in [0.15, 0.2) is 0 Å².